The molecular weight excluding hydrogens is 420 g/mol. The quantitative estimate of drug-likeness (QED) is 0.328. The van der Waals surface area contributed by atoms with Gasteiger partial charge in [0, 0.05) is 19.1 Å². The number of carbonyl (C=O) groups is 1. The van der Waals surface area contributed by atoms with Crippen molar-refractivity contribution in [3.8, 4) is 0 Å². The molecule has 1 aliphatic rings. The van der Waals surface area contributed by atoms with E-state index in [-0.39, 0.29) is 0 Å². The van der Waals surface area contributed by atoms with E-state index in [2.05, 4.69) is 30.3 Å². The van der Waals surface area contributed by atoms with Crippen molar-refractivity contribution in [2.45, 2.75) is 12.2 Å². The molecule has 0 N–H and O–H groups in total. The highest BCUT2D eigenvalue weighted by molar-refractivity contribution is 6.33. The first-order valence-corrected chi connectivity index (χ1v) is 10.8. The molecule has 0 radical (unpaired) electrons. The Morgan fingerprint density at radius 1 is 0.875 bits per heavy atom. The fraction of sp³-hybridized carbons (Fsp3) is 0.107. The number of halogens is 1. The van der Waals surface area contributed by atoms with E-state index in [9.17, 15) is 4.79 Å². The highest BCUT2D eigenvalue weighted by atomic mass is 35.5. The molecule has 0 aliphatic heterocycles. The van der Waals surface area contributed by atoms with Gasteiger partial charge in [0.15, 0.2) is 0 Å². The van der Waals surface area contributed by atoms with Gasteiger partial charge in [-0.2, -0.15) is 0 Å². The lowest BCUT2D eigenvalue weighted by molar-refractivity contribution is -0.140. The number of benzene rings is 4. The molecule has 0 amide bonds. The van der Waals surface area contributed by atoms with Gasteiger partial charge in [0.2, 0.25) is 5.79 Å². The van der Waals surface area contributed by atoms with Crippen molar-refractivity contribution < 1.29 is 14.3 Å². The largest absolute Gasteiger partial charge is 0.425 e. The fourth-order valence-electron chi connectivity index (χ4n) is 4.40. The molecule has 5 rings (SSSR count). The monoisotopic (exact) mass is 440 g/mol. The summed E-state index contributed by atoms with van der Waals surface area (Å²) >= 11 is 6.28. The average molecular weight is 441 g/mol. The van der Waals surface area contributed by atoms with Gasteiger partial charge in [-0.15, -0.1) is 0 Å². The van der Waals surface area contributed by atoms with Crippen LogP contribution in [0.2, 0.25) is 5.02 Å². The van der Waals surface area contributed by atoms with E-state index in [0.717, 1.165) is 32.3 Å². The third-order valence-corrected chi connectivity index (χ3v) is 6.27. The number of rotatable bonds is 4. The Morgan fingerprint density at radius 2 is 1.59 bits per heavy atom. The van der Waals surface area contributed by atoms with Gasteiger partial charge in [0.25, 0.3) is 0 Å². The lowest BCUT2D eigenvalue weighted by Crippen LogP contribution is -2.47. The minimum absolute atomic E-state index is 0.307. The Labute approximate surface area is 191 Å². The Kier molecular flexibility index (Phi) is 5.30. The number of esters is 1. The molecule has 0 bridgehead atoms. The highest BCUT2D eigenvalue weighted by Gasteiger charge is 2.42. The standard InChI is InChI=1S/C28H21ClO3/c1-31-28(32-27(30)24-14-6-7-16-25(24)29)18-17-20-10-3-5-13-22(20)26(28)23-15-8-11-19-9-2-4-12-21(19)23/h2-17H,18H2,1H3. The van der Waals surface area contributed by atoms with E-state index in [1.54, 1.807) is 31.4 Å². The van der Waals surface area contributed by atoms with Crippen molar-refractivity contribution in [1.82, 2.24) is 0 Å². The van der Waals surface area contributed by atoms with Gasteiger partial charge < -0.3 is 9.47 Å². The van der Waals surface area contributed by atoms with E-state index < -0.39 is 11.8 Å². The lowest BCUT2D eigenvalue weighted by atomic mass is 9.85. The number of methoxy groups -OCH3 is 1. The van der Waals surface area contributed by atoms with E-state index in [1.807, 2.05) is 42.5 Å². The van der Waals surface area contributed by atoms with Crippen LogP contribution in [0.15, 0.2) is 91.0 Å². The molecule has 3 nitrogen and oxygen atoms in total. The summed E-state index contributed by atoms with van der Waals surface area (Å²) in [6.45, 7) is 0. The Balaban J connectivity index is 1.77. The normalized spacial score (nSPS) is 17.5. The molecule has 0 aromatic heterocycles. The predicted molar refractivity (Wildman–Crippen MR) is 128 cm³/mol. The molecule has 4 aromatic rings. The second-order valence-electron chi connectivity index (χ2n) is 7.72. The van der Waals surface area contributed by atoms with Crippen molar-refractivity contribution >= 4 is 40.0 Å². The summed E-state index contributed by atoms with van der Waals surface area (Å²) in [5, 5.41) is 4.57. The second kappa shape index (κ2) is 8.27. The summed E-state index contributed by atoms with van der Waals surface area (Å²) in [6, 6.07) is 29.3. The molecule has 1 unspecified atom stereocenters. The van der Waals surface area contributed by atoms with Crippen molar-refractivity contribution in [2.24, 2.45) is 0 Å². The lowest BCUT2D eigenvalue weighted by Gasteiger charge is -2.36. The van der Waals surface area contributed by atoms with Crippen molar-refractivity contribution in [1.29, 1.82) is 0 Å². The van der Waals surface area contributed by atoms with Crippen molar-refractivity contribution in [3.05, 3.63) is 118 Å². The van der Waals surface area contributed by atoms with Gasteiger partial charge in [-0.3, -0.25) is 0 Å². The van der Waals surface area contributed by atoms with Crippen LogP contribution < -0.4 is 10.4 Å². The fourth-order valence-corrected chi connectivity index (χ4v) is 4.61. The maximum atomic E-state index is 13.2. The topological polar surface area (TPSA) is 35.5 Å². The maximum absolute atomic E-state index is 13.2. The molecule has 32 heavy (non-hydrogen) atoms. The summed E-state index contributed by atoms with van der Waals surface area (Å²) in [7, 11) is 1.58. The Hall–Kier alpha value is -3.40. The molecule has 0 saturated carbocycles. The van der Waals surface area contributed by atoms with Crippen LogP contribution in [0.5, 0.6) is 0 Å². The number of hydrogen-bond donors (Lipinski definition) is 0. The second-order valence-corrected chi connectivity index (χ2v) is 8.13. The van der Waals surface area contributed by atoms with Crippen LogP contribution in [-0.4, -0.2) is 18.9 Å². The molecule has 1 atom stereocenters. The molecule has 0 heterocycles. The highest BCUT2D eigenvalue weighted by Crippen LogP contribution is 2.38. The summed E-state index contributed by atoms with van der Waals surface area (Å²) in [4.78, 5) is 13.2. The third-order valence-electron chi connectivity index (χ3n) is 5.94. The summed E-state index contributed by atoms with van der Waals surface area (Å²) in [5.74, 6) is -1.82. The zero-order chi connectivity index (χ0) is 22.1. The SMILES string of the molecule is COC1(OC(=O)c2ccccc2Cl)CC=c2ccccc2=C1c1cccc2ccccc12. The van der Waals surface area contributed by atoms with Gasteiger partial charge in [0.05, 0.1) is 10.6 Å². The third kappa shape index (κ3) is 3.40. The first-order chi connectivity index (χ1) is 15.6. The van der Waals surface area contributed by atoms with Gasteiger partial charge in [0.1, 0.15) is 0 Å². The van der Waals surface area contributed by atoms with Crippen molar-refractivity contribution in [2.75, 3.05) is 7.11 Å². The average Bonchev–Trinajstić information content (AvgIpc) is 2.84. The first-order valence-electron chi connectivity index (χ1n) is 10.4. The van der Waals surface area contributed by atoms with Crippen LogP contribution >= 0.6 is 11.6 Å². The number of fused-ring (bicyclic) bond motifs is 2. The minimum Gasteiger partial charge on any atom is -0.425 e. The van der Waals surface area contributed by atoms with Gasteiger partial charge in [-0.05, 0) is 38.9 Å². The van der Waals surface area contributed by atoms with Gasteiger partial charge in [-0.1, -0.05) is 96.5 Å². The van der Waals surface area contributed by atoms with Crippen LogP contribution in [0.3, 0.4) is 0 Å². The summed E-state index contributed by atoms with van der Waals surface area (Å²) in [6.07, 6.45) is 2.43. The molecule has 4 heteroatoms. The molecular formula is C28H21ClO3. The Bertz CT molecular complexity index is 1450. The molecule has 0 saturated heterocycles. The predicted octanol–water partition coefficient (Wildman–Crippen LogP) is 5.08. The summed E-state index contributed by atoms with van der Waals surface area (Å²) < 4.78 is 12.2. The summed E-state index contributed by atoms with van der Waals surface area (Å²) in [5.41, 5.74) is 2.11. The van der Waals surface area contributed by atoms with Crippen LogP contribution in [0, 0.1) is 0 Å². The zero-order valence-electron chi connectivity index (χ0n) is 17.5. The smallest absolute Gasteiger partial charge is 0.342 e. The number of carbonyl (C=O) groups excluding carboxylic acids is 1. The molecule has 1 aliphatic carbocycles. The van der Waals surface area contributed by atoms with Crippen LogP contribution in [-0.2, 0) is 9.47 Å². The van der Waals surface area contributed by atoms with Crippen LogP contribution in [0.4, 0.5) is 0 Å². The van der Waals surface area contributed by atoms with E-state index in [4.69, 9.17) is 21.1 Å². The van der Waals surface area contributed by atoms with E-state index >= 15 is 0 Å². The zero-order valence-corrected chi connectivity index (χ0v) is 18.3. The van der Waals surface area contributed by atoms with Crippen molar-refractivity contribution in [3.63, 3.8) is 0 Å². The first kappa shape index (κ1) is 20.5. The van der Waals surface area contributed by atoms with Gasteiger partial charge >= 0.3 is 5.97 Å². The molecule has 0 fully saturated rings. The number of hydrogen-bond acceptors (Lipinski definition) is 3. The minimum atomic E-state index is -1.30. The Morgan fingerprint density at radius 3 is 2.44 bits per heavy atom. The molecule has 0 spiro atoms. The van der Waals surface area contributed by atoms with E-state index in [1.165, 1.54) is 0 Å². The molecule has 4 aromatic carbocycles. The number of ether oxygens (including phenoxy) is 2. The van der Waals surface area contributed by atoms with Gasteiger partial charge in [-0.25, -0.2) is 4.79 Å². The van der Waals surface area contributed by atoms with E-state index in [0.29, 0.717) is 17.0 Å². The maximum Gasteiger partial charge on any atom is 0.342 e. The molecule has 158 valence electrons. The van der Waals surface area contributed by atoms with Crippen LogP contribution in [0.25, 0.3) is 22.4 Å². The van der Waals surface area contributed by atoms with Crippen LogP contribution in [0.1, 0.15) is 22.3 Å².